The van der Waals surface area contributed by atoms with Gasteiger partial charge < -0.3 is 24.0 Å². The van der Waals surface area contributed by atoms with Gasteiger partial charge in [-0.1, -0.05) is 0 Å². The molecule has 1 aliphatic heterocycles. The molecule has 7 nitrogen and oxygen atoms in total. The van der Waals surface area contributed by atoms with E-state index in [2.05, 4.69) is 16.9 Å². The zero-order valence-electron chi connectivity index (χ0n) is 16.1. The fourth-order valence-corrected chi connectivity index (χ4v) is 2.85. The number of amides is 1. The van der Waals surface area contributed by atoms with Gasteiger partial charge in [-0.15, -0.1) is 0 Å². The normalized spacial score (nSPS) is 16.4. The molecule has 144 valence electrons. The Labute approximate surface area is 155 Å². The zero-order valence-corrected chi connectivity index (χ0v) is 16.1. The molecule has 0 radical (unpaired) electrons. The molecular formula is C19H29N3O4. The van der Waals surface area contributed by atoms with Crippen LogP contribution >= 0.6 is 0 Å². The lowest BCUT2D eigenvalue weighted by atomic mass is 10.0. The minimum absolute atomic E-state index is 0.302. The monoisotopic (exact) mass is 363 g/mol. The molecule has 0 saturated carbocycles. The molecule has 1 aliphatic rings. The molecule has 2 rings (SSSR count). The van der Waals surface area contributed by atoms with E-state index < -0.39 is 0 Å². The van der Waals surface area contributed by atoms with Gasteiger partial charge in [0.25, 0.3) is 11.9 Å². The predicted molar refractivity (Wildman–Crippen MR) is 101 cm³/mol. The van der Waals surface area contributed by atoms with Crippen LogP contribution in [0.3, 0.4) is 0 Å². The number of aliphatic imine (C=N–C) groups is 1. The Morgan fingerprint density at radius 2 is 1.85 bits per heavy atom. The Morgan fingerprint density at radius 3 is 2.42 bits per heavy atom. The zero-order chi connectivity index (χ0) is 18.9. The Bertz CT molecular complexity index is 595. The van der Waals surface area contributed by atoms with Crippen molar-refractivity contribution in [3.05, 3.63) is 29.8 Å². The number of piperidine rings is 1. The number of carbonyl (C=O) groups is 1. The number of likely N-dealkylation sites (tertiary alicyclic amines) is 1. The average Bonchev–Trinajstić information content (AvgIpc) is 2.67. The summed E-state index contributed by atoms with van der Waals surface area (Å²) in [6.45, 7) is 2.83. The summed E-state index contributed by atoms with van der Waals surface area (Å²) >= 11 is 0. The summed E-state index contributed by atoms with van der Waals surface area (Å²) < 4.78 is 15.9. The number of hydrogen-bond donors (Lipinski definition) is 0. The van der Waals surface area contributed by atoms with E-state index in [1.54, 1.807) is 38.5 Å². The fourth-order valence-electron chi connectivity index (χ4n) is 2.85. The molecule has 26 heavy (non-hydrogen) atoms. The average molecular weight is 363 g/mol. The number of rotatable bonds is 6. The molecule has 1 saturated heterocycles. The van der Waals surface area contributed by atoms with Crippen LogP contribution in [0.1, 0.15) is 23.2 Å². The lowest BCUT2D eigenvalue weighted by Crippen LogP contribution is -2.45. The van der Waals surface area contributed by atoms with E-state index in [1.165, 1.54) is 0 Å². The molecule has 0 spiro atoms. The summed E-state index contributed by atoms with van der Waals surface area (Å²) in [5, 5.41) is 0. The van der Waals surface area contributed by atoms with Crippen molar-refractivity contribution in [1.82, 2.24) is 9.80 Å². The third kappa shape index (κ3) is 5.71. The number of hydrogen-bond acceptors (Lipinski definition) is 5. The molecule has 0 bridgehead atoms. The smallest absolute Gasteiger partial charge is 0.295 e. The van der Waals surface area contributed by atoms with Crippen molar-refractivity contribution in [1.29, 1.82) is 0 Å². The molecule has 0 aromatic heterocycles. The van der Waals surface area contributed by atoms with Crippen molar-refractivity contribution in [2.24, 2.45) is 4.99 Å². The molecule has 1 heterocycles. The first-order valence-corrected chi connectivity index (χ1v) is 8.85. The third-order valence-corrected chi connectivity index (χ3v) is 4.59. The number of methoxy groups -OCH3 is 2. The highest BCUT2D eigenvalue weighted by Gasteiger charge is 2.24. The maximum atomic E-state index is 12.6. The number of carbonyl (C=O) groups excluding carboxylic acids is 1. The SMILES string of the molecule is COCCOC(=NC(=O)c1ccc(OC)cc1)N(C)C1CCN(C)CC1. The number of amidine groups is 1. The van der Waals surface area contributed by atoms with Gasteiger partial charge in [-0.25, -0.2) is 0 Å². The van der Waals surface area contributed by atoms with Crippen LogP contribution in [0.15, 0.2) is 29.3 Å². The molecule has 1 fully saturated rings. The molecule has 7 heteroatoms. The van der Waals surface area contributed by atoms with Crippen molar-refractivity contribution >= 4 is 11.9 Å². The fraction of sp³-hybridized carbons (Fsp3) is 0.579. The van der Waals surface area contributed by atoms with Gasteiger partial charge in [0, 0.05) is 25.8 Å². The second-order valence-corrected chi connectivity index (χ2v) is 6.41. The minimum Gasteiger partial charge on any atom is -0.497 e. The third-order valence-electron chi connectivity index (χ3n) is 4.59. The van der Waals surface area contributed by atoms with Crippen LogP contribution < -0.4 is 4.74 Å². The summed E-state index contributed by atoms with van der Waals surface area (Å²) in [6, 6.07) is 7.54. The number of benzene rings is 1. The van der Waals surface area contributed by atoms with Gasteiger partial charge in [-0.2, -0.15) is 4.99 Å². The van der Waals surface area contributed by atoms with Crippen molar-refractivity contribution in [3.63, 3.8) is 0 Å². The van der Waals surface area contributed by atoms with Crippen LogP contribution in [-0.4, -0.2) is 82.4 Å². The Hall–Kier alpha value is -2.12. The van der Waals surface area contributed by atoms with E-state index >= 15 is 0 Å². The van der Waals surface area contributed by atoms with Crippen molar-refractivity contribution in [2.45, 2.75) is 18.9 Å². The maximum absolute atomic E-state index is 12.6. The molecule has 1 aromatic rings. The first-order valence-electron chi connectivity index (χ1n) is 8.85. The highest BCUT2D eigenvalue weighted by Crippen LogP contribution is 2.16. The van der Waals surface area contributed by atoms with E-state index in [0.717, 1.165) is 25.9 Å². The van der Waals surface area contributed by atoms with Crippen LogP contribution in [0.4, 0.5) is 0 Å². The minimum atomic E-state index is -0.333. The predicted octanol–water partition coefficient (Wildman–Crippen LogP) is 1.88. The molecule has 0 N–H and O–H groups in total. The number of nitrogens with zero attached hydrogens (tertiary/aromatic N) is 3. The van der Waals surface area contributed by atoms with Crippen LogP contribution in [-0.2, 0) is 9.47 Å². The molecule has 1 aromatic carbocycles. The van der Waals surface area contributed by atoms with Crippen LogP contribution in [0, 0.1) is 0 Å². The van der Waals surface area contributed by atoms with Crippen molar-refractivity contribution in [2.75, 3.05) is 54.6 Å². The summed E-state index contributed by atoms with van der Waals surface area (Å²) in [6.07, 6.45) is 2.02. The van der Waals surface area contributed by atoms with Crippen LogP contribution in [0.25, 0.3) is 0 Å². The van der Waals surface area contributed by atoms with Crippen LogP contribution in [0.5, 0.6) is 5.75 Å². The molecule has 0 aliphatic carbocycles. The molecule has 1 amide bonds. The number of ether oxygens (including phenoxy) is 3. The maximum Gasteiger partial charge on any atom is 0.295 e. The van der Waals surface area contributed by atoms with Gasteiger partial charge in [0.05, 0.1) is 13.7 Å². The first-order chi connectivity index (χ1) is 12.5. The largest absolute Gasteiger partial charge is 0.497 e. The van der Waals surface area contributed by atoms with Gasteiger partial charge in [0.15, 0.2) is 0 Å². The molecule has 0 unspecified atom stereocenters. The van der Waals surface area contributed by atoms with Crippen molar-refractivity contribution in [3.8, 4) is 5.75 Å². The second-order valence-electron chi connectivity index (χ2n) is 6.41. The van der Waals surface area contributed by atoms with Crippen LogP contribution in [0.2, 0.25) is 0 Å². The Morgan fingerprint density at radius 1 is 1.19 bits per heavy atom. The van der Waals surface area contributed by atoms with E-state index in [-0.39, 0.29) is 5.91 Å². The van der Waals surface area contributed by atoms with E-state index in [9.17, 15) is 4.79 Å². The lowest BCUT2D eigenvalue weighted by molar-refractivity contribution is 0.0965. The van der Waals surface area contributed by atoms with Gasteiger partial charge in [0.2, 0.25) is 0 Å². The van der Waals surface area contributed by atoms with E-state index in [1.807, 2.05) is 11.9 Å². The van der Waals surface area contributed by atoms with E-state index in [4.69, 9.17) is 14.2 Å². The Balaban J connectivity index is 2.12. The second kappa shape index (κ2) is 10.1. The summed E-state index contributed by atoms with van der Waals surface area (Å²) in [5.41, 5.74) is 0.496. The first kappa shape index (κ1) is 20.2. The summed E-state index contributed by atoms with van der Waals surface area (Å²) in [4.78, 5) is 21.1. The topological polar surface area (TPSA) is 63.6 Å². The van der Waals surface area contributed by atoms with Gasteiger partial charge in [0.1, 0.15) is 12.4 Å². The van der Waals surface area contributed by atoms with Gasteiger partial charge in [-0.3, -0.25) is 4.79 Å². The highest BCUT2D eigenvalue weighted by atomic mass is 16.5. The van der Waals surface area contributed by atoms with E-state index in [0.29, 0.717) is 36.6 Å². The van der Waals surface area contributed by atoms with Gasteiger partial charge >= 0.3 is 0 Å². The quantitative estimate of drug-likeness (QED) is 0.437. The Kier molecular flexibility index (Phi) is 7.87. The summed E-state index contributed by atoms with van der Waals surface area (Å²) in [5.74, 6) is 0.366. The lowest BCUT2D eigenvalue weighted by Gasteiger charge is -2.36. The molecule has 0 atom stereocenters. The molecular weight excluding hydrogens is 334 g/mol. The summed E-state index contributed by atoms with van der Waals surface area (Å²) in [7, 11) is 7.26. The van der Waals surface area contributed by atoms with Gasteiger partial charge in [-0.05, 0) is 57.2 Å². The standard InChI is InChI=1S/C19H29N3O4/c1-21-11-9-16(10-12-21)22(2)19(26-14-13-24-3)20-18(23)15-5-7-17(25-4)8-6-15/h5-8,16H,9-14H2,1-4H3. The van der Waals surface area contributed by atoms with Crippen molar-refractivity contribution < 1.29 is 19.0 Å². The highest BCUT2D eigenvalue weighted by molar-refractivity contribution is 6.01.